The summed E-state index contributed by atoms with van der Waals surface area (Å²) in [6, 6.07) is 14.2. The number of sulfonamides is 1. The van der Waals surface area contributed by atoms with Crippen molar-refractivity contribution < 1.29 is 18.3 Å². The van der Waals surface area contributed by atoms with Gasteiger partial charge >= 0.3 is 0 Å². The highest BCUT2D eigenvalue weighted by molar-refractivity contribution is 7.89. The minimum Gasteiger partial charge on any atom is -0.394 e. The number of aliphatic hydroxyl groups is 1. The molecule has 3 aliphatic rings. The van der Waals surface area contributed by atoms with Crippen molar-refractivity contribution in [2.24, 2.45) is 5.92 Å². The van der Waals surface area contributed by atoms with Crippen LogP contribution in [0.1, 0.15) is 54.7 Å². The van der Waals surface area contributed by atoms with Crippen LogP contribution in [0, 0.1) is 24.7 Å². The number of amides is 1. The second-order valence-electron chi connectivity index (χ2n) is 9.99. The maximum absolute atomic E-state index is 13.4. The van der Waals surface area contributed by atoms with Gasteiger partial charge in [-0.1, -0.05) is 55.0 Å². The van der Waals surface area contributed by atoms with Gasteiger partial charge in [-0.05, 0) is 55.0 Å². The normalized spacial score (nSPS) is 25.0. The number of aliphatic hydroxyl groups excluding tert-OH is 1. The van der Waals surface area contributed by atoms with Crippen molar-refractivity contribution in [3.05, 3.63) is 65.2 Å². The van der Waals surface area contributed by atoms with Crippen molar-refractivity contribution in [2.75, 3.05) is 19.7 Å². The van der Waals surface area contributed by atoms with E-state index in [-0.39, 0.29) is 48.5 Å². The first-order chi connectivity index (χ1) is 16.9. The number of nitrogens with zero attached hydrogens (tertiary/aromatic N) is 2. The molecule has 2 aromatic rings. The maximum Gasteiger partial charge on any atom is 0.243 e. The van der Waals surface area contributed by atoms with Crippen LogP contribution in [-0.4, -0.2) is 60.4 Å². The Hall–Kier alpha value is -2.66. The van der Waals surface area contributed by atoms with Gasteiger partial charge in [0.2, 0.25) is 15.9 Å². The molecule has 6 nitrogen and oxygen atoms in total. The van der Waals surface area contributed by atoms with Crippen LogP contribution in [0.2, 0.25) is 0 Å². The van der Waals surface area contributed by atoms with Crippen molar-refractivity contribution in [1.29, 1.82) is 0 Å². The summed E-state index contributed by atoms with van der Waals surface area (Å²) in [5.41, 5.74) is 2.60. The van der Waals surface area contributed by atoms with E-state index in [1.807, 2.05) is 24.3 Å². The zero-order chi connectivity index (χ0) is 24.6. The molecule has 35 heavy (non-hydrogen) atoms. The van der Waals surface area contributed by atoms with E-state index in [0.29, 0.717) is 5.56 Å². The molecule has 0 radical (unpaired) electrons. The minimum absolute atomic E-state index is 0.126. The van der Waals surface area contributed by atoms with Crippen molar-refractivity contribution in [3.63, 3.8) is 0 Å². The Bertz CT molecular complexity index is 1260. The highest BCUT2D eigenvalue weighted by atomic mass is 32.2. The molecule has 7 heteroatoms. The van der Waals surface area contributed by atoms with Gasteiger partial charge in [0.1, 0.15) is 0 Å². The molecule has 184 valence electrons. The van der Waals surface area contributed by atoms with E-state index in [4.69, 9.17) is 0 Å². The number of aryl methyl sites for hydroxylation is 1. The fourth-order valence-corrected chi connectivity index (χ4v) is 7.57. The topological polar surface area (TPSA) is 77.9 Å². The number of benzene rings is 2. The van der Waals surface area contributed by atoms with Crippen LogP contribution in [0.15, 0.2) is 53.4 Å². The molecule has 0 aromatic heterocycles. The van der Waals surface area contributed by atoms with Crippen LogP contribution in [0.3, 0.4) is 0 Å². The van der Waals surface area contributed by atoms with E-state index >= 15 is 0 Å². The monoisotopic (exact) mass is 492 g/mol. The largest absolute Gasteiger partial charge is 0.394 e. The second-order valence-corrected chi connectivity index (χ2v) is 11.9. The lowest BCUT2D eigenvalue weighted by Crippen LogP contribution is -2.73. The van der Waals surface area contributed by atoms with Gasteiger partial charge in [0.25, 0.3) is 0 Å². The molecular weight excluding hydrogens is 460 g/mol. The van der Waals surface area contributed by atoms with E-state index in [1.54, 1.807) is 36.1 Å². The molecule has 5 rings (SSSR count). The first-order valence-electron chi connectivity index (χ1n) is 12.5. The molecule has 2 aliphatic heterocycles. The van der Waals surface area contributed by atoms with Crippen molar-refractivity contribution >= 4 is 15.9 Å². The zero-order valence-corrected chi connectivity index (χ0v) is 20.9. The molecule has 0 spiro atoms. The van der Waals surface area contributed by atoms with Gasteiger partial charge in [-0.3, -0.25) is 4.79 Å². The van der Waals surface area contributed by atoms with Crippen molar-refractivity contribution in [1.82, 2.24) is 9.21 Å². The summed E-state index contributed by atoms with van der Waals surface area (Å²) in [5.74, 6) is 6.92. The highest BCUT2D eigenvalue weighted by Crippen LogP contribution is 2.43. The maximum atomic E-state index is 13.4. The smallest absolute Gasteiger partial charge is 0.243 e. The zero-order valence-electron chi connectivity index (χ0n) is 20.1. The molecule has 3 fully saturated rings. The molecule has 2 aromatic carbocycles. The van der Waals surface area contributed by atoms with Crippen LogP contribution in [0.4, 0.5) is 0 Å². The molecule has 1 N–H and O–H groups in total. The summed E-state index contributed by atoms with van der Waals surface area (Å²) in [7, 11) is -3.80. The Morgan fingerprint density at radius 1 is 1.06 bits per heavy atom. The molecule has 1 amide bonds. The Morgan fingerprint density at radius 3 is 2.46 bits per heavy atom. The lowest BCUT2D eigenvalue weighted by Gasteiger charge is -2.58. The molecule has 2 heterocycles. The Balaban J connectivity index is 1.34. The third-order valence-electron chi connectivity index (χ3n) is 7.83. The molecule has 1 aliphatic carbocycles. The lowest BCUT2D eigenvalue weighted by atomic mass is 9.74. The fourth-order valence-electron chi connectivity index (χ4n) is 5.94. The number of rotatable bonds is 5. The van der Waals surface area contributed by atoms with Crippen molar-refractivity contribution in [3.8, 4) is 11.8 Å². The second kappa shape index (κ2) is 9.77. The number of hydrogen-bond acceptors (Lipinski definition) is 4. The van der Waals surface area contributed by atoms with Gasteiger partial charge in [-0.15, -0.1) is 0 Å². The average molecular weight is 493 g/mol. The number of carbonyl (C=O) groups excluding carboxylic acids is 1. The Labute approximate surface area is 208 Å². The average Bonchev–Trinajstić information content (AvgIpc) is 3.35. The predicted molar refractivity (Wildman–Crippen MR) is 134 cm³/mol. The van der Waals surface area contributed by atoms with Gasteiger partial charge < -0.3 is 10.0 Å². The van der Waals surface area contributed by atoms with Gasteiger partial charge in [-0.2, -0.15) is 4.31 Å². The molecule has 3 atom stereocenters. The summed E-state index contributed by atoms with van der Waals surface area (Å²) in [6.45, 7) is 1.62. The summed E-state index contributed by atoms with van der Waals surface area (Å²) in [6.07, 6.45) is 6.15. The van der Waals surface area contributed by atoms with Crippen LogP contribution < -0.4 is 0 Å². The summed E-state index contributed by atoms with van der Waals surface area (Å²) >= 11 is 0. The molecule has 1 saturated carbocycles. The van der Waals surface area contributed by atoms with Crippen LogP contribution in [0.5, 0.6) is 0 Å². The quantitative estimate of drug-likeness (QED) is 0.650. The predicted octanol–water partition coefficient (Wildman–Crippen LogP) is 3.29. The van der Waals surface area contributed by atoms with E-state index in [9.17, 15) is 18.3 Å². The standard InChI is InChI=1S/C28H32N2O4S/c1-20-7-2-5-12-26(20)35(33,34)29-17-24-28(25(19-31)30(24)27(32)18-29)23-15-13-22(14-16-23)11-6-10-21-8-3-4-9-21/h2,5,7,12-16,21,24-25,28,31H,3-4,8-10,17-19H2,1H3/t24-,25-,28-/m0/s1. The van der Waals surface area contributed by atoms with Gasteiger partial charge in [0.05, 0.1) is 30.1 Å². The van der Waals surface area contributed by atoms with E-state index in [2.05, 4.69) is 11.8 Å². The summed E-state index contributed by atoms with van der Waals surface area (Å²) in [5, 5.41) is 10.0. The van der Waals surface area contributed by atoms with Crippen molar-refractivity contribution in [2.45, 2.75) is 61.9 Å². The Morgan fingerprint density at radius 2 is 1.77 bits per heavy atom. The third kappa shape index (κ3) is 4.51. The van der Waals surface area contributed by atoms with E-state index in [1.165, 1.54) is 30.0 Å². The number of carbonyl (C=O) groups is 1. The lowest BCUT2D eigenvalue weighted by molar-refractivity contribution is -0.158. The molecule has 0 unspecified atom stereocenters. The first-order valence-corrected chi connectivity index (χ1v) is 13.9. The molecule has 0 bridgehead atoms. The number of piperazine rings is 1. The highest BCUT2D eigenvalue weighted by Gasteiger charge is 2.55. The van der Waals surface area contributed by atoms with Gasteiger partial charge in [0, 0.05) is 24.4 Å². The fraction of sp³-hybridized carbons (Fsp3) is 0.464. The van der Waals surface area contributed by atoms with Gasteiger partial charge in [0.15, 0.2) is 0 Å². The van der Waals surface area contributed by atoms with E-state index < -0.39 is 10.0 Å². The van der Waals surface area contributed by atoms with Crippen LogP contribution >= 0.6 is 0 Å². The summed E-state index contributed by atoms with van der Waals surface area (Å²) < 4.78 is 28.0. The minimum atomic E-state index is -3.80. The SMILES string of the molecule is Cc1ccccc1S(=O)(=O)N1CC(=O)N2[C@@H](CO)[C@@H](c3ccc(C#CCC4CCCC4)cc3)[C@@H]2C1. The number of hydrogen-bond donors (Lipinski definition) is 1. The first kappa shape index (κ1) is 24.1. The van der Waals surface area contributed by atoms with Crippen LogP contribution in [-0.2, 0) is 14.8 Å². The van der Waals surface area contributed by atoms with E-state index in [0.717, 1.165) is 23.5 Å². The Kier molecular flexibility index (Phi) is 6.71. The molecular formula is C28H32N2O4S. The van der Waals surface area contributed by atoms with Gasteiger partial charge in [-0.25, -0.2) is 8.42 Å². The van der Waals surface area contributed by atoms with Crippen LogP contribution in [0.25, 0.3) is 0 Å². The molecule has 2 saturated heterocycles. The number of fused-ring (bicyclic) bond motifs is 1. The summed E-state index contributed by atoms with van der Waals surface area (Å²) in [4.78, 5) is 14.9. The third-order valence-corrected chi connectivity index (χ3v) is 9.80.